The van der Waals surface area contributed by atoms with Crippen LogP contribution in [-0.2, 0) is 27.5 Å². The van der Waals surface area contributed by atoms with Gasteiger partial charge in [0.05, 0.1) is 19.8 Å². The topological polar surface area (TPSA) is 84.9 Å². The summed E-state index contributed by atoms with van der Waals surface area (Å²) in [5, 5.41) is 11.0. The molecule has 1 heterocycles. The highest BCUT2D eigenvalue weighted by atomic mass is 16.5. The number of rotatable bonds is 6. The van der Waals surface area contributed by atoms with E-state index in [1.165, 1.54) is 0 Å². The molecule has 1 aromatic carbocycles. The van der Waals surface area contributed by atoms with Crippen molar-refractivity contribution in [2.75, 3.05) is 19.8 Å². The molecule has 0 spiro atoms. The third-order valence-electron chi connectivity index (χ3n) is 2.74. The summed E-state index contributed by atoms with van der Waals surface area (Å²) < 4.78 is 10.1. The van der Waals surface area contributed by atoms with Gasteiger partial charge in [0.2, 0.25) is 0 Å². The summed E-state index contributed by atoms with van der Waals surface area (Å²) in [5.74, 6) is -1.22. The zero-order valence-corrected chi connectivity index (χ0v) is 10.3. The van der Waals surface area contributed by atoms with Crippen LogP contribution in [-0.4, -0.2) is 36.7 Å². The fourth-order valence-electron chi connectivity index (χ4n) is 1.81. The molecule has 0 aromatic heterocycles. The van der Waals surface area contributed by atoms with E-state index in [0.29, 0.717) is 18.8 Å². The van der Waals surface area contributed by atoms with Crippen molar-refractivity contribution < 1.29 is 24.2 Å². The summed E-state index contributed by atoms with van der Waals surface area (Å²) >= 11 is 0. The molecule has 0 bridgehead atoms. The van der Waals surface area contributed by atoms with Crippen LogP contribution >= 0.6 is 0 Å². The van der Waals surface area contributed by atoms with Crippen molar-refractivity contribution >= 4 is 11.9 Å². The lowest BCUT2D eigenvalue weighted by Crippen LogP contribution is -2.28. The van der Waals surface area contributed by atoms with Crippen LogP contribution in [0.2, 0.25) is 0 Å². The van der Waals surface area contributed by atoms with E-state index in [4.69, 9.17) is 14.6 Å². The number of nitrogens with one attached hydrogen (secondary N) is 1. The number of carbonyl (C=O) groups is 2. The van der Waals surface area contributed by atoms with Crippen molar-refractivity contribution in [3.05, 3.63) is 34.9 Å². The normalized spacial score (nSPS) is 13.1. The minimum Gasteiger partial charge on any atom is -0.480 e. The van der Waals surface area contributed by atoms with Gasteiger partial charge in [-0.1, -0.05) is 6.07 Å². The highest BCUT2D eigenvalue weighted by molar-refractivity contribution is 5.94. The number of benzene rings is 1. The lowest BCUT2D eigenvalue weighted by molar-refractivity contribution is -0.142. The third-order valence-corrected chi connectivity index (χ3v) is 2.74. The van der Waals surface area contributed by atoms with Gasteiger partial charge in [-0.05, 0) is 23.3 Å². The molecule has 1 aromatic rings. The second kappa shape index (κ2) is 6.31. The van der Waals surface area contributed by atoms with Crippen LogP contribution in [0.4, 0.5) is 0 Å². The molecule has 6 nitrogen and oxygen atoms in total. The van der Waals surface area contributed by atoms with Gasteiger partial charge in [0.1, 0.15) is 6.61 Å². The lowest BCUT2D eigenvalue weighted by Gasteiger charge is -2.06. The van der Waals surface area contributed by atoms with Crippen LogP contribution in [0.5, 0.6) is 0 Å². The molecule has 0 aliphatic carbocycles. The Morgan fingerprint density at radius 2 is 2.11 bits per heavy atom. The first-order chi connectivity index (χ1) is 9.16. The van der Waals surface area contributed by atoms with Gasteiger partial charge < -0.3 is 19.9 Å². The summed E-state index contributed by atoms with van der Waals surface area (Å²) in [6.45, 7) is 1.23. The maximum absolute atomic E-state index is 11.8. The molecule has 0 saturated heterocycles. The van der Waals surface area contributed by atoms with Gasteiger partial charge in [-0.3, -0.25) is 4.79 Å². The van der Waals surface area contributed by atoms with Crippen molar-refractivity contribution in [2.24, 2.45) is 0 Å². The van der Waals surface area contributed by atoms with Crippen molar-refractivity contribution in [2.45, 2.75) is 13.2 Å². The van der Waals surface area contributed by atoms with Crippen LogP contribution in [0.15, 0.2) is 18.2 Å². The summed E-state index contributed by atoms with van der Waals surface area (Å²) in [6.07, 6.45) is 0. The number of carboxylic acids is 1. The van der Waals surface area contributed by atoms with Gasteiger partial charge in [-0.25, -0.2) is 4.79 Å². The number of carbonyl (C=O) groups excluding carboxylic acids is 1. The van der Waals surface area contributed by atoms with Crippen molar-refractivity contribution in [1.29, 1.82) is 0 Å². The Balaban J connectivity index is 1.78. The molecule has 0 unspecified atom stereocenters. The van der Waals surface area contributed by atoms with Crippen LogP contribution in [0.25, 0.3) is 0 Å². The second-order valence-electron chi connectivity index (χ2n) is 4.18. The number of aliphatic carboxylic acids is 1. The number of carboxylic acid groups (broad SMARTS) is 1. The SMILES string of the molecule is O=C(O)COCCNC(=O)c1ccc2c(c1)COC2. The highest BCUT2D eigenvalue weighted by Crippen LogP contribution is 2.20. The molecule has 1 aliphatic heterocycles. The summed E-state index contributed by atoms with van der Waals surface area (Å²) in [7, 11) is 0. The molecule has 102 valence electrons. The minimum atomic E-state index is -1.02. The molecule has 2 rings (SSSR count). The molecule has 1 aliphatic rings. The predicted molar refractivity (Wildman–Crippen MR) is 65.7 cm³/mol. The van der Waals surface area contributed by atoms with Crippen molar-refractivity contribution in [3.8, 4) is 0 Å². The number of fused-ring (bicyclic) bond motifs is 1. The first-order valence-corrected chi connectivity index (χ1v) is 5.94. The largest absolute Gasteiger partial charge is 0.480 e. The quantitative estimate of drug-likeness (QED) is 0.734. The molecule has 0 saturated carbocycles. The molecule has 6 heteroatoms. The van der Waals surface area contributed by atoms with E-state index >= 15 is 0 Å². The second-order valence-corrected chi connectivity index (χ2v) is 4.18. The Morgan fingerprint density at radius 1 is 1.32 bits per heavy atom. The Kier molecular flexibility index (Phi) is 4.48. The van der Waals surface area contributed by atoms with E-state index in [1.807, 2.05) is 12.1 Å². The number of hydrogen-bond donors (Lipinski definition) is 2. The van der Waals surface area contributed by atoms with Crippen molar-refractivity contribution in [3.63, 3.8) is 0 Å². The summed E-state index contributed by atoms with van der Waals surface area (Å²) in [4.78, 5) is 22.0. The average molecular weight is 265 g/mol. The van der Waals surface area contributed by atoms with Gasteiger partial charge in [0.25, 0.3) is 5.91 Å². The molecule has 19 heavy (non-hydrogen) atoms. The molecule has 0 radical (unpaired) electrons. The Bertz CT molecular complexity index is 486. The number of amides is 1. The fraction of sp³-hybridized carbons (Fsp3) is 0.385. The molecular weight excluding hydrogens is 250 g/mol. The van der Waals surface area contributed by atoms with Gasteiger partial charge in [0, 0.05) is 12.1 Å². The van der Waals surface area contributed by atoms with Crippen LogP contribution < -0.4 is 5.32 Å². The van der Waals surface area contributed by atoms with E-state index < -0.39 is 5.97 Å². The zero-order chi connectivity index (χ0) is 13.7. The Morgan fingerprint density at radius 3 is 2.89 bits per heavy atom. The Hall–Kier alpha value is -1.92. The predicted octanol–water partition coefficient (Wildman–Crippen LogP) is 0.548. The van der Waals surface area contributed by atoms with E-state index in [-0.39, 0.29) is 25.7 Å². The van der Waals surface area contributed by atoms with Gasteiger partial charge in [-0.15, -0.1) is 0 Å². The van der Waals surface area contributed by atoms with Crippen molar-refractivity contribution in [1.82, 2.24) is 5.32 Å². The van der Waals surface area contributed by atoms with Gasteiger partial charge in [0.15, 0.2) is 0 Å². The molecule has 2 N–H and O–H groups in total. The molecule has 1 amide bonds. The first kappa shape index (κ1) is 13.5. The number of hydrogen-bond acceptors (Lipinski definition) is 4. The van der Waals surface area contributed by atoms with Gasteiger partial charge in [-0.2, -0.15) is 0 Å². The highest BCUT2D eigenvalue weighted by Gasteiger charge is 2.13. The monoisotopic (exact) mass is 265 g/mol. The summed E-state index contributed by atoms with van der Waals surface area (Å²) in [5.41, 5.74) is 2.72. The van der Waals surface area contributed by atoms with E-state index in [0.717, 1.165) is 11.1 Å². The fourth-order valence-corrected chi connectivity index (χ4v) is 1.81. The van der Waals surface area contributed by atoms with Gasteiger partial charge >= 0.3 is 5.97 Å². The van der Waals surface area contributed by atoms with Crippen LogP contribution in [0.1, 0.15) is 21.5 Å². The first-order valence-electron chi connectivity index (χ1n) is 5.94. The zero-order valence-electron chi connectivity index (χ0n) is 10.3. The van der Waals surface area contributed by atoms with Crippen LogP contribution in [0.3, 0.4) is 0 Å². The van der Waals surface area contributed by atoms with E-state index in [1.54, 1.807) is 6.07 Å². The summed E-state index contributed by atoms with van der Waals surface area (Å²) in [6, 6.07) is 5.45. The molecular formula is C13H15NO5. The Labute approximate surface area is 110 Å². The maximum Gasteiger partial charge on any atom is 0.329 e. The lowest BCUT2D eigenvalue weighted by atomic mass is 10.1. The van der Waals surface area contributed by atoms with E-state index in [2.05, 4.69) is 5.32 Å². The maximum atomic E-state index is 11.8. The number of ether oxygens (including phenoxy) is 2. The minimum absolute atomic E-state index is 0.173. The molecule has 0 atom stereocenters. The smallest absolute Gasteiger partial charge is 0.329 e. The standard InChI is InChI=1S/C13H15NO5/c15-12(16)8-18-4-3-14-13(17)9-1-2-10-6-19-7-11(10)5-9/h1-2,5H,3-4,6-8H2,(H,14,17)(H,15,16). The average Bonchev–Trinajstić information content (AvgIpc) is 2.84. The van der Waals surface area contributed by atoms with E-state index in [9.17, 15) is 9.59 Å². The third kappa shape index (κ3) is 3.77. The van der Waals surface area contributed by atoms with Crippen LogP contribution in [0, 0.1) is 0 Å². The molecule has 0 fully saturated rings.